The van der Waals surface area contributed by atoms with Crippen LogP contribution >= 0.6 is 56.7 Å². The zero-order valence-corrected chi connectivity index (χ0v) is 29.8. The Kier molecular flexibility index (Phi) is 9.50. The third-order valence-electron chi connectivity index (χ3n) is 9.18. The van der Waals surface area contributed by atoms with Crippen LogP contribution in [0.1, 0.15) is 68.8 Å². The maximum Gasteiger partial charge on any atom is 0.0779 e. The number of rotatable bonds is 10. The van der Waals surface area contributed by atoms with Crippen LogP contribution in [0.25, 0.3) is 19.5 Å². The van der Waals surface area contributed by atoms with Crippen LogP contribution in [0.3, 0.4) is 0 Å². The summed E-state index contributed by atoms with van der Waals surface area (Å²) in [6.45, 7) is 8.25. The van der Waals surface area contributed by atoms with Crippen molar-refractivity contribution in [2.24, 2.45) is 10.8 Å². The molecule has 0 unspecified atom stereocenters. The van der Waals surface area contributed by atoms with Gasteiger partial charge in [-0.3, -0.25) is 0 Å². The van der Waals surface area contributed by atoms with Gasteiger partial charge < -0.3 is 9.47 Å². The number of hydrogen-bond donors (Lipinski definition) is 0. The third kappa shape index (κ3) is 7.27. The van der Waals surface area contributed by atoms with Crippen molar-refractivity contribution < 1.29 is 9.47 Å². The third-order valence-corrected chi connectivity index (χ3v) is 14.8. The molecule has 5 aromatic rings. The molecular formula is C38H36O2S5. The van der Waals surface area contributed by atoms with Crippen molar-refractivity contribution in [3.05, 3.63) is 89.9 Å². The lowest BCUT2D eigenvalue weighted by molar-refractivity contribution is -0.119. The molecule has 0 amide bonds. The molecule has 0 spiro atoms. The van der Waals surface area contributed by atoms with Gasteiger partial charge >= 0.3 is 0 Å². The Morgan fingerprint density at radius 1 is 0.489 bits per heavy atom. The number of thiophene rings is 5. The quantitative estimate of drug-likeness (QED) is 0.136. The topological polar surface area (TPSA) is 18.5 Å². The van der Waals surface area contributed by atoms with Gasteiger partial charge in [0.25, 0.3) is 0 Å². The molecule has 0 bridgehead atoms. The van der Waals surface area contributed by atoms with E-state index >= 15 is 0 Å². The summed E-state index contributed by atoms with van der Waals surface area (Å²) in [5.74, 6) is 13.6. The molecule has 2 fully saturated rings. The lowest BCUT2D eigenvalue weighted by atomic mass is 9.79. The van der Waals surface area contributed by atoms with Crippen LogP contribution in [0.2, 0.25) is 0 Å². The largest absolute Gasteiger partial charge is 0.380 e. The standard InChI is InChI=1S/C38H36O2S5/c1-3-37(23-39-24-37)21-19-31-11-7-27(41-31)5-9-29-13-15-33(43-29)35-17-18-36(45-35)34-16-14-30(44-34)10-6-28-8-12-32(42-28)20-22-38(4-2)25-40-26-38/h7-8,11-18H,3-4,19-26H2,1-2H3. The van der Waals surface area contributed by atoms with Crippen LogP contribution in [0.4, 0.5) is 0 Å². The van der Waals surface area contributed by atoms with Crippen LogP contribution in [-0.4, -0.2) is 26.4 Å². The van der Waals surface area contributed by atoms with E-state index in [9.17, 15) is 0 Å². The minimum Gasteiger partial charge on any atom is -0.380 e. The highest BCUT2D eigenvalue weighted by molar-refractivity contribution is 7.26. The molecular weight excluding hydrogens is 649 g/mol. The summed E-state index contributed by atoms with van der Waals surface area (Å²) in [7, 11) is 0. The van der Waals surface area contributed by atoms with Crippen LogP contribution in [0, 0.1) is 34.5 Å². The fourth-order valence-corrected chi connectivity index (χ4v) is 10.3. The predicted molar refractivity (Wildman–Crippen MR) is 195 cm³/mol. The molecule has 2 saturated heterocycles. The predicted octanol–water partition coefficient (Wildman–Crippen LogP) is 10.8. The van der Waals surface area contributed by atoms with E-state index < -0.39 is 0 Å². The summed E-state index contributed by atoms with van der Waals surface area (Å²) in [6, 6.07) is 22.0. The van der Waals surface area contributed by atoms with Gasteiger partial charge in [-0.15, -0.1) is 56.7 Å². The Labute approximate surface area is 287 Å². The van der Waals surface area contributed by atoms with Crippen molar-refractivity contribution in [3.63, 3.8) is 0 Å². The van der Waals surface area contributed by atoms with E-state index in [-0.39, 0.29) is 0 Å². The second kappa shape index (κ2) is 13.7. The molecule has 0 aromatic carbocycles. The molecule has 7 rings (SSSR count). The van der Waals surface area contributed by atoms with Gasteiger partial charge in [0.1, 0.15) is 0 Å². The Balaban J connectivity index is 0.944. The van der Waals surface area contributed by atoms with E-state index in [1.54, 1.807) is 22.7 Å². The smallest absolute Gasteiger partial charge is 0.0779 e. The first-order chi connectivity index (χ1) is 22.0. The van der Waals surface area contributed by atoms with E-state index in [0.717, 1.165) is 58.8 Å². The van der Waals surface area contributed by atoms with Crippen molar-refractivity contribution >= 4 is 56.7 Å². The van der Waals surface area contributed by atoms with Crippen molar-refractivity contribution in [2.45, 2.75) is 52.4 Å². The Bertz CT molecular complexity index is 1730. The highest BCUT2D eigenvalue weighted by Crippen LogP contribution is 2.41. The molecule has 7 heteroatoms. The minimum atomic E-state index is 0.406. The van der Waals surface area contributed by atoms with Crippen molar-refractivity contribution in [3.8, 4) is 43.2 Å². The Morgan fingerprint density at radius 2 is 0.844 bits per heavy atom. The minimum absolute atomic E-state index is 0.406. The SMILES string of the molecule is CCC1(CCc2ccc(C#Cc3ccc(-c4ccc(-c5ccc(C#Cc6ccc(CCC7(CC)COC7)s6)s5)s4)s3)s2)COC1. The summed E-state index contributed by atoms with van der Waals surface area (Å²) in [5.41, 5.74) is 0.812. The Morgan fingerprint density at radius 3 is 1.22 bits per heavy atom. The van der Waals surface area contributed by atoms with Gasteiger partial charge in [-0.05, 0) is 123 Å². The molecule has 2 nitrogen and oxygen atoms in total. The van der Waals surface area contributed by atoms with E-state index in [1.165, 1.54) is 54.9 Å². The van der Waals surface area contributed by atoms with Crippen LogP contribution in [0.5, 0.6) is 0 Å². The van der Waals surface area contributed by atoms with Crippen LogP contribution in [-0.2, 0) is 22.3 Å². The van der Waals surface area contributed by atoms with Gasteiger partial charge in [0, 0.05) is 40.1 Å². The second-order valence-electron chi connectivity index (χ2n) is 12.2. The first-order valence-corrected chi connectivity index (χ1v) is 19.8. The first kappa shape index (κ1) is 31.2. The van der Waals surface area contributed by atoms with Gasteiger partial charge in [-0.25, -0.2) is 0 Å². The molecule has 5 aromatic heterocycles. The Hall–Kier alpha value is -2.46. The monoisotopic (exact) mass is 684 g/mol. The maximum atomic E-state index is 5.49. The molecule has 0 radical (unpaired) electrons. The lowest BCUT2D eigenvalue weighted by Crippen LogP contribution is -2.42. The molecule has 230 valence electrons. The van der Waals surface area contributed by atoms with E-state index in [2.05, 4.69) is 98.2 Å². The molecule has 7 heterocycles. The maximum absolute atomic E-state index is 5.49. The van der Waals surface area contributed by atoms with Crippen molar-refractivity contribution in [1.82, 2.24) is 0 Å². The zero-order valence-electron chi connectivity index (χ0n) is 25.7. The molecule has 0 atom stereocenters. The highest BCUT2D eigenvalue weighted by atomic mass is 32.1. The van der Waals surface area contributed by atoms with Gasteiger partial charge in [-0.1, -0.05) is 13.8 Å². The summed E-state index contributed by atoms with van der Waals surface area (Å²) < 4.78 is 11.0. The molecule has 0 N–H and O–H groups in total. The highest BCUT2D eigenvalue weighted by Gasteiger charge is 2.37. The second-order valence-corrected chi connectivity index (χ2v) is 17.8. The fraction of sp³-hybridized carbons (Fsp3) is 0.368. The summed E-state index contributed by atoms with van der Waals surface area (Å²) in [5, 5.41) is 0. The molecule has 2 aliphatic rings. The first-order valence-electron chi connectivity index (χ1n) is 15.7. The molecule has 0 saturated carbocycles. The summed E-state index contributed by atoms with van der Waals surface area (Å²) >= 11 is 9.06. The normalized spacial score (nSPS) is 16.2. The fourth-order valence-electron chi connectivity index (χ4n) is 5.69. The summed E-state index contributed by atoms with van der Waals surface area (Å²) in [6.07, 6.45) is 7.07. The van der Waals surface area contributed by atoms with Crippen molar-refractivity contribution in [1.29, 1.82) is 0 Å². The average molecular weight is 685 g/mol. The van der Waals surface area contributed by atoms with Gasteiger partial charge in [0.05, 0.1) is 45.9 Å². The molecule has 0 aliphatic carbocycles. The van der Waals surface area contributed by atoms with Crippen LogP contribution < -0.4 is 0 Å². The van der Waals surface area contributed by atoms with Gasteiger partial charge in [0.15, 0.2) is 0 Å². The number of aryl methyl sites for hydroxylation is 2. The number of ether oxygens (including phenoxy) is 2. The zero-order chi connectivity index (χ0) is 30.7. The summed E-state index contributed by atoms with van der Waals surface area (Å²) in [4.78, 5) is 12.5. The number of hydrogen-bond acceptors (Lipinski definition) is 7. The van der Waals surface area contributed by atoms with E-state index in [4.69, 9.17) is 9.47 Å². The molecule has 45 heavy (non-hydrogen) atoms. The van der Waals surface area contributed by atoms with Gasteiger partial charge in [-0.2, -0.15) is 0 Å². The average Bonchev–Trinajstić information content (AvgIpc) is 3.85. The van der Waals surface area contributed by atoms with E-state index in [1.807, 2.05) is 34.0 Å². The van der Waals surface area contributed by atoms with Crippen molar-refractivity contribution in [2.75, 3.05) is 26.4 Å². The van der Waals surface area contributed by atoms with Gasteiger partial charge in [0.2, 0.25) is 0 Å². The van der Waals surface area contributed by atoms with E-state index in [0.29, 0.717) is 10.8 Å². The van der Waals surface area contributed by atoms with Crippen LogP contribution in [0.15, 0.2) is 60.7 Å². The molecule has 2 aliphatic heterocycles. The lowest BCUT2D eigenvalue weighted by Gasteiger charge is -2.41.